The maximum absolute atomic E-state index is 12.2. The SMILES string of the molecule is CC(C)(C)CNC(=O)N1CCC(C#N)(c2ccccc2)CC1. The molecule has 1 heterocycles. The summed E-state index contributed by atoms with van der Waals surface area (Å²) in [6.07, 6.45) is 1.38. The number of hydrogen-bond acceptors (Lipinski definition) is 2. The molecule has 1 aromatic carbocycles. The van der Waals surface area contributed by atoms with Gasteiger partial charge in [-0.15, -0.1) is 0 Å². The van der Waals surface area contributed by atoms with Crippen LogP contribution in [0, 0.1) is 16.7 Å². The Labute approximate surface area is 133 Å². The zero-order chi connectivity index (χ0) is 16.2. The van der Waals surface area contributed by atoms with Crippen molar-refractivity contribution < 1.29 is 4.79 Å². The number of hydrogen-bond donors (Lipinski definition) is 1. The van der Waals surface area contributed by atoms with Crippen molar-refractivity contribution in [1.82, 2.24) is 10.2 Å². The van der Waals surface area contributed by atoms with Crippen molar-refractivity contribution in [3.05, 3.63) is 35.9 Å². The summed E-state index contributed by atoms with van der Waals surface area (Å²) in [7, 11) is 0. The molecule has 1 saturated heterocycles. The van der Waals surface area contributed by atoms with Crippen LogP contribution in [0.2, 0.25) is 0 Å². The van der Waals surface area contributed by atoms with Crippen LogP contribution in [-0.4, -0.2) is 30.6 Å². The number of likely N-dealkylation sites (tertiary alicyclic amines) is 1. The van der Waals surface area contributed by atoms with Crippen LogP contribution < -0.4 is 5.32 Å². The number of rotatable bonds is 2. The van der Waals surface area contributed by atoms with Crippen LogP contribution in [0.1, 0.15) is 39.2 Å². The second-order valence-electron chi connectivity index (χ2n) is 7.27. The van der Waals surface area contributed by atoms with Crippen molar-refractivity contribution >= 4 is 6.03 Å². The molecule has 2 amide bonds. The number of nitrogens with zero attached hydrogens (tertiary/aromatic N) is 2. The van der Waals surface area contributed by atoms with Crippen molar-refractivity contribution in [2.24, 2.45) is 5.41 Å². The molecule has 1 aliphatic heterocycles. The summed E-state index contributed by atoms with van der Waals surface area (Å²) < 4.78 is 0. The first-order valence-electron chi connectivity index (χ1n) is 7.86. The van der Waals surface area contributed by atoms with E-state index in [1.807, 2.05) is 35.2 Å². The van der Waals surface area contributed by atoms with Crippen LogP contribution >= 0.6 is 0 Å². The molecule has 0 radical (unpaired) electrons. The van der Waals surface area contributed by atoms with Crippen LogP contribution in [0.4, 0.5) is 4.79 Å². The van der Waals surface area contributed by atoms with Gasteiger partial charge >= 0.3 is 6.03 Å². The molecule has 4 heteroatoms. The van der Waals surface area contributed by atoms with Gasteiger partial charge in [-0.05, 0) is 23.8 Å². The lowest BCUT2D eigenvalue weighted by atomic mass is 9.74. The molecule has 1 N–H and O–H groups in total. The van der Waals surface area contributed by atoms with Crippen molar-refractivity contribution in [3.8, 4) is 6.07 Å². The first kappa shape index (κ1) is 16.4. The molecule has 0 aromatic heterocycles. The Morgan fingerprint density at radius 2 is 1.86 bits per heavy atom. The Bertz CT molecular complexity index is 546. The van der Waals surface area contributed by atoms with Gasteiger partial charge in [0.25, 0.3) is 0 Å². The van der Waals surface area contributed by atoms with Gasteiger partial charge in [0.1, 0.15) is 0 Å². The first-order valence-corrected chi connectivity index (χ1v) is 7.86. The van der Waals surface area contributed by atoms with Crippen molar-refractivity contribution in [2.45, 2.75) is 39.0 Å². The van der Waals surface area contributed by atoms with Crippen LogP contribution in [0.25, 0.3) is 0 Å². The molecular weight excluding hydrogens is 274 g/mol. The van der Waals surface area contributed by atoms with E-state index in [9.17, 15) is 10.1 Å². The Morgan fingerprint density at radius 3 is 2.36 bits per heavy atom. The van der Waals surface area contributed by atoms with Gasteiger partial charge in [-0.25, -0.2) is 4.79 Å². The van der Waals surface area contributed by atoms with Crippen LogP contribution in [-0.2, 0) is 5.41 Å². The average molecular weight is 299 g/mol. The molecule has 118 valence electrons. The predicted octanol–water partition coefficient (Wildman–Crippen LogP) is 3.30. The van der Waals surface area contributed by atoms with E-state index in [1.165, 1.54) is 0 Å². The van der Waals surface area contributed by atoms with Crippen LogP contribution in [0.15, 0.2) is 30.3 Å². The summed E-state index contributed by atoms with van der Waals surface area (Å²) in [5.41, 5.74) is 0.681. The zero-order valence-electron chi connectivity index (χ0n) is 13.7. The molecule has 1 aromatic rings. The first-order chi connectivity index (χ1) is 10.4. The smallest absolute Gasteiger partial charge is 0.317 e. The average Bonchev–Trinajstić information content (AvgIpc) is 2.53. The fourth-order valence-corrected chi connectivity index (χ4v) is 2.77. The number of nitrogens with one attached hydrogen (secondary N) is 1. The minimum absolute atomic E-state index is 0.0190. The summed E-state index contributed by atoms with van der Waals surface area (Å²) in [6.45, 7) is 8.19. The number of carbonyl (C=O) groups is 1. The van der Waals surface area contributed by atoms with Gasteiger partial charge in [-0.1, -0.05) is 51.1 Å². The molecule has 0 bridgehead atoms. The number of benzene rings is 1. The molecule has 0 unspecified atom stereocenters. The molecule has 0 saturated carbocycles. The van der Waals surface area contributed by atoms with E-state index in [1.54, 1.807) is 0 Å². The van der Waals surface area contributed by atoms with Gasteiger partial charge in [-0.3, -0.25) is 0 Å². The number of piperidine rings is 1. The second-order valence-corrected chi connectivity index (χ2v) is 7.27. The molecule has 22 heavy (non-hydrogen) atoms. The van der Waals surface area contributed by atoms with E-state index in [-0.39, 0.29) is 11.4 Å². The molecule has 0 atom stereocenters. The third-order valence-corrected chi connectivity index (χ3v) is 4.21. The van der Waals surface area contributed by atoms with E-state index in [0.717, 1.165) is 5.56 Å². The lowest BCUT2D eigenvalue weighted by Gasteiger charge is -2.38. The van der Waals surface area contributed by atoms with Gasteiger partial charge in [0.15, 0.2) is 0 Å². The lowest BCUT2D eigenvalue weighted by Crippen LogP contribution is -2.49. The number of nitriles is 1. The van der Waals surface area contributed by atoms with Gasteiger partial charge in [0.2, 0.25) is 0 Å². The Kier molecular flexibility index (Phi) is 4.75. The molecule has 1 fully saturated rings. The van der Waals surface area contributed by atoms with Crippen molar-refractivity contribution in [2.75, 3.05) is 19.6 Å². The standard InChI is InChI=1S/C18H25N3O/c1-17(2,3)14-20-16(22)21-11-9-18(13-19,10-12-21)15-7-5-4-6-8-15/h4-8H,9-12,14H2,1-3H3,(H,20,22). The molecule has 0 spiro atoms. The highest BCUT2D eigenvalue weighted by Gasteiger charge is 2.37. The molecule has 0 aliphatic carbocycles. The summed E-state index contributed by atoms with van der Waals surface area (Å²) >= 11 is 0. The van der Waals surface area contributed by atoms with Crippen LogP contribution in [0.5, 0.6) is 0 Å². The fraction of sp³-hybridized carbons (Fsp3) is 0.556. The molecular formula is C18H25N3O. The molecule has 4 nitrogen and oxygen atoms in total. The van der Waals surface area contributed by atoms with E-state index in [2.05, 4.69) is 32.2 Å². The summed E-state index contributed by atoms with van der Waals surface area (Å²) in [5, 5.41) is 12.6. The topological polar surface area (TPSA) is 56.1 Å². The largest absolute Gasteiger partial charge is 0.337 e. The number of urea groups is 1. The molecule has 1 aliphatic rings. The zero-order valence-corrected chi connectivity index (χ0v) is 13.7. The third kappa shape index (κ3) is 3.79. The maximum atomic E-state index is 12.2. The van der Waals surface area contributed by atoms with E-state index < -0.39 is 5.41 Å². The van der Waals surface area contributed by atoms with E-state index in [0.29, 0.717) is 32.5 Å². The second kappa shape index (κ2) is 6.39. The third-order valence-electron chi connectivity index (χ3n) is 4.21. The number of carbonyl (C=O) groups excluding carboxylic acids is 1. The Morgan fingerprint density at radius 1 is 1.27 bits per heavy atom. The van der Waals surface area contributed by atoms with Crippen molar-refractivity contribution in [3.63, 3.8) is 0 Å². The highest BCUT2D eigenvalue weighted by molar-refractivity contribution is 5.74. The van der Waals surface area contributed by atoms with E-state index in [4.69, 9.17) is 0 Å². The van der Waals surface area contributed by atoms with Crippen LogP contribution in [0.3, 0.4) is 0 Å². The van der Waals surface area contributed by atoms with Gasteiger partial charge < -0.3 is 10.2 Å². The summed E-state index contributed by atoms with van der Waals surface area (Å²) in [6, 6.07) is 12.4. The van der Waals surface area contributed by atoms with Gasteiger partial charge in [0.05, 0.1) is 11.5 Å². The summed E-state index contributed by atoms with van der Waals surface area (Å²) in [4.78, 5) is 14.0. The highest BCUT2D eigenvalue weighted by atomic mass is 16.2. The minimum Gasteiger partial charge on any atom is -0.337 e. The predicted molar refractivity (Wildman–Crippen MR) is 87.4 cm³/mol. The maximum Gasteiger partial charge on any atom is 0.317 e. The Balaban J connectivity index is 1.97. The monoisotopic (exact) mass is 299 g/mol. The van der Waals surface area contributed by atoms with Gasteiger partial charge in [0, 0.05) is 19.6 Å². The normalized spacial score (nSPS) is 17.6. The molecule has 2 rings (SSSR count). The van der Waals surface area contributed by atoms with Crippen molar-refractivity contribution in [1.29, 1.82) is 5.26 Å². The quantitative estimate of drug-likeness (QED) is 0.911. The lowest BCUT2D eigenvalue weighted by molar-refractivity contribution is 0.167. The van der Waals surface area contributed by atoms with E-state index >= 15 is 0 Å². The number of amides is 2. The highest BCUT2D eigenvalue weighted by Crippen LogP contribution is 2.34. The van der Waals surface area contributed by atoms with Gasteiger partial charge in [-0.2, -0.15) is 5.26 Å². The fourth-order valence-electron chi connectivity index (χ4n) is 2.77. The summed E-state index contributed by atoms with van der Waals surface area (Å²) in [5.74, 6) is 0. The Hall–Kier alpha value is -2.02. The minimum atomic E-state index is -0.456.